The molecule has 0 radical (unpaired) electrons. The molecule has 21 heavy (non-hydrogen) atoms. The zero-order valence-electron chi connectivity index (χ0n) is 11.9. The van der Waals surface area contributed by atoms with Crippen molar-refractivity contribution in [2.45, 2.75) is 26.2 Å². The van der Waals surface area contributed by atoms with Crippen LogP contribution in [0.15, 0.2) is 30.5 Å². The van der Waals surface area contributed by atoms with Gasteiger partial charge in [0, 0.05) is 30.2 Å². The van der Waals surface area contributed by atoms with E-state index in [2.05, 4.69) is 16.1 Å². The molecule has 3 nitrogen and oxygen atoms in total. The van der Waals surface area contributed by atoms with Crippen molar-refractivity contribution < 1.29 is 17.9 Å². The molecule has 0 saturated heterocycles. The monoisotopic (exact) mass is 300 g/mol. The number of aromatic nitrogens is 1. The Morgan fingerprint density at radius 3 is 2.76 bits per heavy atom. The molecule has 0 unspecified atom stereocenters. The summed E-state index contributed by atoms with van der Waals surface area (Å²) < 4.78 is 42.6. The number of nitrogens with zero attached hydrogens (tertiary/aromatic N) is 1. The summed E-state index contributed by atoms with van der Waals surface area (Å²) in [7, 11) is 0. The van der Waals surface area contributed by atoms with Crippen LogP contribution in [0.1, 0.15) is 12.5 Å². The van der Waals surface area contributed by atoms with Gasteiger partial charge < -0.3 is 14.6 Å². The first-order chi connectivity index (χ1) is 10.0. The smallest absolute Gasteiger partial charge is 0.370 e. The van der Waals surface area contributed by atoms with Gasteiger partial charge in [-0.05, 0) is 24.2 Å². The predicted octanol–water partition coefficient (Wildman–Crippen LogP) is 3.33. The number of alkyl halides is 3. The molecule has 0 aliphatic carbocycles. The fourth-order valence-corrected chi connectivity index (χ4v) is 2.25. The summed E-state index contributed by atoms with van der Waals surface area (Å²) in [5.74, 6) is 0. The Labute approximate surface area is 121 Å². The molecular weight excluding hydrogens is 281 g/mol. The Morgan fingerprint density at radius 2 is 2.05 bits per heavy atom. The Morgan fingerprint density at radius 1 is 1.24 bits per heavy atom. The second-order valence-electron chi connectivity index (χ2n) is 4.81. The molecule has 1 aromatic heterocycles. The number of rotatable bonds is 7. The molecule has 1 N–H and O–H groups in total. The maximum Gasteiger partial charge on any atom is 0.411 e. The minimum absolute atomic E-state index is 0.0424. The Balaban J connectivity index is 2.01. The van der Waals surface area contributed by atoms with E-state index < -0.39 is 12.8 Å². The summed E-state index contributed by atoms with van der Waals surface area (Å²) in [6.07, 6.45) is -2.38. The molecule has 1 heterocycles. The summed E-state index contributed by atoms with van der Waals surface area (Å²) in [4.78, 5) is 0. The van der Waals surface area contributed by atoms with Crippen LogP contribution in [0.3, 0.4) is 0 Å². The molecule has 0 aliphatic heterocycles. The molecule has 0 atom stereocenters. The van der Waals surface area contributed by atoms with Gasteiger partial charge in [0.1, 0.15) is 6.61 Å². The number of hydrogen-bond donors (Lipinski definition) is 1. The quantitative estimate of drug-likeness (QED) is 0.794. The molecule has 6 heteroatoms. The lowest BCUT2D eigenvalue weighted by atomic mass is 10.1. The second kappa shape index (κ2) is 6.95. The van der Waals surface area contributed by atoms with Crippen LogP contribution in [-0.4, -0.2) is 30.5 Å². The van der Waals surface area contributed by atoms with Crippen molar-refractivity contribution in [3.8, 4) is 0 Å². The highest BCUT2D eigenvalue weighted by atomic mass is 19.4. The third kappa shape index (κ3) is 4.47. The van der Waals surface area contributed by atoms with Crippen LogP contribution in [0.5, 0.6) is 0 Å². The SMILES string of the molecule is CCNCc1cccc2c1ccn2CCOCC(F)(F)F. The highest BCUT2D eigenvalue weighted by molar-refractivity contribution is 5.83. The van der Waals surface area contributed by atoms with Gasteiger partial charge in [0.25, 0.3) is 0 Å². The lowest BCUT2D eigenvalue weighted by molar-refractivity contribution is -0.174. The summed E-state index contributed by atoms with van der Waals surface area (Å²) in [5.41, 5.74) is 2.20. The highest BCUT2D eigenvalue weighted by Gasteiger charge is 2.27. The van der Waals surface area contributed by atoms with Gasteiger partial charge in [-0.15, -0.1) is 0 Å². The van der Waals surface area contributed by atoms with E-state index in [1.165, 1.54) is 5.56 Å². The largest absolute Gasteiger partial charge is 0.411 e. The van der Waals surface area contributed by atoms with Crippen molar-refractivity contribution in [1.29, 1.82) is 0 Å². The molecule has 0 saturated carbocycles. The predicted molar refractivity (Wildman–Crippen MR) is 76.2 cm³/mol. The van der Waals surface area contributed by atoms with Crippen LogP contribution in [0, 0.1) is 0 Å². The van der Waals surface area contributed by atoms with Gasteiger partial charge in [0.15, 0.2) is 0 Å². The van der Waals surface area contributed by atoms with Crippen molar-refractivity contribution in [2.24, 2.45) is 0 Å². The normalized spacial score (nSPS) is 12.2. The number of benzene rings is 1. The number of hydrogen-bond acceptors (Lipinski definition) is 2. The van der Waals surface area contributed by atoms with E-state index in [4.69, 9.17) is 0 Å². The van der Waals surface area contributed by atoms with Gasteiger partial charge in [0.2, 0.25) is 0 Å². The molecular formula is C15H19F3N2O. The minimum atomic E-state index is -4.27. The first kappa shape index (κ1) is 15.9. The van der Waals surface area contributed by atoms with Gasteiger partial charge >= 0.3 is 6.18 Å². The summed E-state index contributed by atoms with van der Waals surface area (Å²) in [6.45, 7) is 2.97. The number of halogens is 3. The highest BCUT2D eigenvalue weighted by Crippen LogP contribution is 2.20. The summed E-state index contributed by atoms with van der Waals surface area (Å²) >= 11 is 0. The standard InChI is InChI=1S/C15H19F3N2O/c1-2-19-10-12-4-3-5-14-13(12)6-7-20(14)8-9-21-11-15(16,17)18/h3-7,19H,2,8-11H2,1H3. The molecule has 0 aliphatic rings. The average molecular weight is 300 g/mol. The maximum atomic E-state index is 12.0. The van der Waals surface area contributed by atoms with Crippen molar-refractivity contribution >= 4 is 10.9 Å². The van der Waals surface area contributed by atoms with Gasteiger partial charge in [-0.2, -0.15) is 13.2 Å². The van der Waals surface area contributed by atoms with E-state index in [0.29, 0.717) is 6.54 Å². The molecule has 0 fully saturated rings. The van der Waals surface area contributed by atoms with Crippen LogP contribution in [0.2, 0.25) is 0 Å². The summed E-state index contributed by atoms with van der Waals surface area (Å²) in [5, 5.41) is 4.40. The van der Waals surface area contributed by atoms with Crippen molar-refractivity contribution in [2.75, 3.05) is 19.8 Å². The van der Waals surface area contributed by atoms with Gasteiger partial charge in [-0.1, -0.05) is 19.1 Å². The molecule has 2 rings (SSSR count). The van der Waals surface area contributed by atoms with Gasteiger partial charge in [0.05, 0.1) is 6.61 Å². The number of ether oxygens (including phenoxy) is 1. The van der Waals surface area contributed by atoms with Crippen LogP contribution in [0.25, 0.3) is 10.9 Å². The fraction of sp³-hybridized carbons (Fsp3) is 0.467. The maximum absolute atomic E-state index is 12.0. The van der Waals surface area contributed by atoms with E-state index in [9.17, 15) is 13.2 Å². The topological polar surface area (TPSA) is 26.2 Å². The Kier molecular flexibility index (Phi) is 5.25. The zero-order valence-corrected chi connectivity index (χ0v) is 11.9. The van der Waals surface area contributed by atoms with Gasteiger partial charge in [-0.3, -0.25) is 0 Å². The van der Waals surface area contributed by atoms with Crippen molar-refractivity contribution in [1.82, 2.24) is 9.88 Å². The molecule has 116 valence electrons. The van der Waals surface area contributed by atoms with Crippen LogP contribution >= 0.6 is 0 Å². The lowest BCUT2D eigenvalue weighted by Gasteiger charge is -2.10. The number of nitrogens with one attached hydrogen (secondary N) is 1. The van der Waals surface area contributed by atoms with E-state index in [1.807, 2.05) is 35.9 Å². The fourth-order valence-electron chi connectivity index (χ4n) is 2.25. The second-order valence-corrected chi connectivity index (χ2v) is 4.81. The van der Waals surface area contributed by atoms with Crippen LogP contribution in [0.4, 0.5) is 13.2 Å². The summed E-state index contributed by atoms with van der Waals surface area (Å²) in [6, 6.07) is 7.97. The first-order valence-corrected chi connectivity index (χ1v) is 6.93. The van der Waals surface area contributed by atoms with E-state index in [0.717, 1.165) is 24.0 Å². The Bertz CT molecular complexity index is 578. The van der Waals surface area contributed by atoms with Gasteiger partial charge in [-0.25, -0.2) is 0 Å². The minimum Gasteiger partial charge on any atom is -0.370 e. The molecule has 0 amide bonds. The third-order valence-corrected chi connectivity index (χ3v) is 3.21. The molecule has 1 aromatic carbocycles. The van der Waals surface area contributed by atoms with Crippen LogP contribution < -0.4 is 5.32 Å². The van der Waals surface area contributed by atoms with E-state index in [1.54, 1.807) is 0 Å². The average Bonchev–Trinajstić information content (AvgIpc) is 2.84. The number of fused-ring (bicyclic) bond motifs is 1. The van der Waals surface area contributed by atoms with E-state index >= 15 is 0 Å². The lowest BCUT2D eigenvalue weighted by Crippen LogP contribution is -2.18. The van der Waals surface area contributed by atoms with Crippen molar-refractivity contribution in [3.63, 3.8) is 0 Å². The molecule has 0 bridgehead atoms. The third-order valence-electron chi connectivity index (χ3n) is 3.21. The first-order valence-electron chi connectivity index (χ1n) is 6.93. The zero-order chi connectivity index (χ0) is 15.3. The molecule has 0 spiro atoms. The van der Waals surface area contributed by atoms with Crippen molar-refractivity contribution in [3.05, 3.63) is 36.0 Å². The Hall–Kier alpha value is -1.53. The molecule has 2 aromatic rings. The van der Waals surface area contributed by atoms with Crippen LogP contribution in [-0.2, 0) is 17.8 Å². The van der Waals surface area contributed by atoms with E-state index in [-0.39, 0.29) is 6.61 Å².